The fraction of sp³-hybridized carbons (Fsp3) is 0.378. The molecule has 4 N–H and O–H groups in total. The average Bonchev–Trinajstić information content (AvgIpc) is 3.14. The van der Waals surface area contributed by atoms with Crippen molar-refractivity contribution in [2.45, 2.75) is 57.5 Å². The van der Waals surface area contributed by atoms with Crippen molar-refractivity contribution in [3.05, 3.63) is 88.9 Å². The van der Waals surface area contributed by atoms with Crippen molar-refractivity contribution in [2.24, 2.45) is 0 Å². The number of aliphatic carboxylic acids is 1. The molecule has 1 fully saturated rings. The molecule has 6 rings (SSSR count). The molecule has 248 valence electrons. The SMILES string of the molecule is CCc1c(NC[C@H](NCc2ccc(OC)c(-c3ccc(C#N)cc3)c2)C(=O)O)ncnc1N1CCC(c2ccc3c(n2)NCCC3)CC1. The second-order valence-corrected chi connectivity index (χ2v) is 12.3. The number of anilines is 3. The first-order chi connectivity index (χ1) is 23.5. The zero-order valence-electron chi connectivity index (χ0n) is 27.5. The van der Waals surface area contributed by atoms with Crippen molar-refractivity contribution in [1.82, 2.24) is 20.3 Å². The molecular weight excluding hydrogens is 604 g/mol. The molecule has 4 aromatic rings. The van der Waals surface area contributed by atoms with Crippen molar-refractivity contribution in [2.75, 3.05) is 48.8 Å². The van der Waals surface area contributed by atoms with Crippen LogP contribution in [0.25, 0.3) is 11.1 Å². The van der Waals surface area contributed by atoms with Crippen LogP contribution in [-0.4, -0.2) is 65.4 Å². The Kier molecular flexibility index (Phi) is 10.3. The van der Waals surface area contributed by atoms with Gasteiger partial charge in [-0.15, -0.1) is 0 Å². The highest BCUT2D eigenvalue weighted by atomic mass is 16.5. The van der Waals surface area contributed by atoms with Crippen molar-refractivity contribution in [3.8, 4) is 22.9 Å². The van der Waals surface area contributed by atoms with E-state index in [1.54, 1.807) is 25.6 Å². The number of benzene rings is 2. The average molecular weight is 647 g/mol. The number of ether oxygens (including phenoxy) is 1. The Balaban J connectivity index is 1.09. The van der Waals surface area contributed by atoms with E-state index in [0.717, 1.165) is 84.9 Å². The zero-order valence-corrected chi connectivity index (χ0v) is 27.5. The van der Waals surface area contributed by atoms with E-state index < -0.39 is 12.0 Å². The maximum Gasteiger partial charge on any atom is 0.322 e. The fourth-order valence-electron chi connectivity index (χ4n) is 6.61. The van der Waals surface area contributed by atoms with E-state index in [9.17, 15) is 9.90 Å². The second kappa shape index (κ2) is 15.1. The first-order valence-electron chi connectivity index (χ1n) is 16.7. The summed E-state index contributed by atoms with van der Waals surface area (Å²) in [5.74, 6) is 2.77. The summed E-state index contributed by atoms with van der Waals surface area (Å²) in [6.45, 7) is 5.28. The van der Waals surface area contributed by atoms with Gasteiger partial charge in [0.05, 0.1) is 18.7 Å². The molecule has 4 heterocycles. The molecule has 0 aliphatic carbocycles. The third-order valence-electron chi connectivity index (χ3n) is 9.32. The van der Waals surface area contributed by atoms with Crippen LogP contribution in [0.15, 0.2) is 60.9 Å². The van der Waals surface area contributed by atoms with Crippen molar-refractivity contribution < 1.29 is 14.6 Å². The van der Waals surface area contributed by atoms with Gasteiger partial charge in [-0.1, -0.05) is 31.2 Å². The number of carboxylic acid groups (broad SMARTS) is 1. The van der Waals surface area contributed by atoms with Gasteiger partial charge in [0.25, 0.3) is 0 Å². The van der Waals surface area contributed by atoms with E-state index in [1.807, 2.05) is 30.3 Å². The minimum atomic E-state index is -0.955. The number of pyridine rings is 1. The lowest BCUT2D eigenvalue weighted by Crippen LogP contribution is -2.42. The van der Waals surface area contributed by atoms with Gasteiger partial charge >= 0.3 is 5.97 Å². The molecule has 1 saturated heterocycles. The number of aryl methyl sites for hydroxylation is 1. The molecule has 0 saturated carbocycles. The molecular formula is C37H42N8O3. The molecule has 0 spiro atoms. The smallest absolute Gasteiger partial charge is 0.322 e. The number of piperidine rings is 1. The number of aromatic nitrogens is 3. The van der Waals surface area contributed by atoms with Gasteiger partial charge in [0, 0.05) is 55.5 Å². The molecule has 0 radical (unpaired) electrons. The summed E-state index contributed by atoms with van der Waals surface area (Å²) in [5.41, 5.74) is 6.72. The number of nitriles is 1. The summed E-state index contributed by atoms with van der Waals surface area (Å²) < 4.78 is 5.57. The summed E-state index contributed by atoms with van der Waals surface area (Å²) in [6, 6.07) is 18.8. The molecule has 48 heavy (non-hydrogen) atoms. The van der Waals surface area contributed by atoms with Crippen LogP contribution in [0.2, 0.25) is 0 Å². The molecule has 0 unspecified atom stereocenters. The topological polar surface area (TPSA) is 148 Å². The first-order valence-corrected chi connectivity index (χ1v) is 16.7. The van der Waals surface area contributed by atoms with E-state index >= 15 is 0 Å². The lowest BCUT2D eigenvalue weighted by molar-refractivity contribution is -0.139. The van der Waals surface area contributed by atoms with E-state index in [0.29, 0.717) is 36.0 Å². The fourth-order valence-corrected chi connectivity index (χ4v) is 6.61. The monoisotopic (exact) mass is 646 g/mol. The van der Waals surface area contributed by atoms with Crippen molar-refractivity contribution in [1.29, 1.82) is 5.26 Å². The van der Waals surface area contributed by atoms with Gasteiger partial charge in [-0.25, -0.2) is 15.0 Å². The van der Waals surface area contributed by atoms with Crippen LogP contribution in [0.5, 0.6) is 5.75 Å². The van der Waals surface area contributed by atoms with Gasteiger partial charge in [-0.05, 0) is 79.1 Å². The van der Waals surface area contributed by atoms with Crippen LogP contribution in [0, 0.1) is 11.3 Å². The number of nitrogens with zero attached hydrogens (tertiary/aromatic N) is 5. The Bertz CT molecular complexity index is 1780. The van der Waals surface area contributed by atoms with Crippen LogP contribution in [0.1, 0.15) is 60.1 Å². The highest BCUT2D eigenvalue weighted by Gasteiger charge is 2.26. The quantitative estimate of drug-likeness (QED) is 0.157. The molecule has 2 aromatic carbocycles. The molecule has 1 atom stereocenters. The number of hydrogen-bond acceptors (Lipinski definition) is 10. The Morgan fingerprint density at radius 3 is 2.69 bits per heavy atom. The number of rotatable bonds is 12. The highest BCUT2D eigenvalue weighted by molar-refractivity contribution is 5.75. The maximum atomic E-state index is 12.3. The van der Waals surface area contributed by atoms with Crippen LogP contribution in [0.3, 0.4) is 0 Å². The summed E-state index contributed by atoms with van der Waals surface area (Å²) in [5, 5.41) is 29.2. The Morgan fingerprint density at radius 1 is 1.15 bits per heavy atom. The first kappa shape index (κ1) is 32.7. The molecule has 11 heteroatoms. The summed E-state index contributed by atoms with van der Waals surface area (Å²) >= 11 is 0. The van der Waals surface area contributed by atoms with E-state index in [4.69, 9.17) is 15.0 Å². The molecule has 2 aliphatic heterocycles. The lowest BCUT2D eigenvalue weighted by Gasteiger charge is -2.34. The number of carbonyl (C=O) groups is 1. The summed E-state index contributed by atoms with van der Waals surface area (Å²) in [6.07, 6.45) is 6.50. The Hall–Kier alpha value is -5.21. The van der Waals surface area contributed by atoms with Gasteiger partial charge in [0.15, 0.2) is 0 Å². The van der Waals surface area contributed by atoms with Gasteiger partial charge in [0.1, 0.15) is 35.6 Å². The van der Waals surface area contributed by atoms with Crippen LogP contribution in [0.4, 0.5) is 17.5 Å². The van der Waals surface area contributed by atoms with Gasteiger partial charge < -0.3 is 25.4 Å². The summed E-state index contributed by atoms with van der Waals surface area (Å²) in [4.78, 5) is 28.8. The normalized spacial score (nSPS) is 15.1. The van der Waals surface area contributed by atoms with Crippen molar-refractivity contribution in [3.63, 3.8) is 0 Å². The summed E-state index contributed by atoms with van der Waals surface area (Å²) in [7, 11) is 1.61. The van der Waals surface area contributed by atoms with Crippen LogP contribution >= 0.6 is 0 Å². The van der Waals surface area contributed by atoms with Crippen LogP contribution in [-0.2, 0) is 24.2 Å². The number of nitrogens with one attached hydrogen (secondary N) is 3. The minimum Gasteiger partial charge on any atom is -0.496 e. The number of carboxylic acids is 1. The number of methoxy groups -OCH3 is 1. The molecule has 2 aromatic heterocycles. The number of fused-ring (bicyclic) bond motifs is 1. The predicted octanol–water partition coefficient (Wildman–Crippen LogP) is 5.38. The largest absolute Gasteiger partial charge is 0.496 e. The molecule has 2 aliphatic rings. The number of hydrogen-bond donors (Lipinski definition) is 4. The van der Waals surface area contributed by atoms with E-state index in [-0.39, 0.29) is 6.54 Å². The highest BCUT2D eigenvalue weighted by Crippen LogP contribution is 2.34. The Morgan fingerprint density at radius 2 is 1.96 bits per heavy atom. The second-order valence-electron chi connectivity index (χ2n) is 12.3. The lowest BCUT2D eigenvalue weighted by atomic mass is 9.92. The van der Waals surface area contributed by atoms with Gasteiger partial charge in [-0.3, -0.25) is 10.1 Å². The standard InChI is InChI=1S/C37H42N8O3/c1-3-29-35(42-23-43-36(29)45-17-14-27(15-18-45)31-12-11-28-5-4-16-39-34(28)44-31)41-22-32(37(46)47)40-21-25-8-13-33(48-2)30(19-25)26-9-6-24(20-38)7-10-26/h6-13,19,23,27,32,40H,3-5,14-18,21-22H2,1-2H3,(H,39,44)(H,46,47)(H,41,42,43)/t32-/m0/s1. The third kappa shape index (κ3) is 7.34. The van der Waals surface area contributed by atoms with Crippen LogP contribution < -0.4 is 25.6 Å². The molecule has 11 nitrogen and oxygen atoms in total. The van der Waals surface area contributed by atoms with Crippen molar-refractivity contribution >= 4 is 23.4 Å². The van der Waals surface area contributed by atoms with Gasteiger partial charge in [0.2, 0.25) is 0 Å². The molecule has 0 amide bonds. The van der Waals surface area contributed by atoms with E-state index in [1.165, 1.54) is 5.56 Å². The minimum absolute atomic E-state index is 0.150. The van der Waals surface area contributed by atoms with Gasteiger partial charge in [-0.2, -0.15) is 5.26 Å². The zero-order chi connectivity index (χ0) is 33.5. The third-order valence-corrected chi connectivity index (χ3v) is 9.32. The Labute approximate surface area is 281 Å². The molecule has 0 bridgehead atoms. The maximum absolute atomic E-state index is 12.3. The predicted molar refractivity (Wildman–Crippen MR) is 187 cm³/mol. The van der Waals surface area contributed by atoms with E-state index in [2.05, 4.69) is 55.9 Å².